The average molecular weight is 573 g/mol. The highest BCUT2D eigenvalue weighted by molar-refractivity contribution is 7.98. The number of fused-ring (bicyclic) bond motifs is 1. The van der Waals surface area contributed by atoms with Gasteiger partial charge in [-0.2, -0.15) is 0 Å². The van der Waals surface area contributed by atoms with Crippen molar-refractivity contribution in [1.82, 2.24) is 19.9 Å². The van der Waals surface area contributed by atoms with E-state index in [0.717, 1.165) is 0 Å². The van der Waals surface area contributed by atoms with Gasteiger partial charge in [-0.15, -0.1) is 0 Å². The SMILES string of the molecule is CSc1nc2c(F)c(Cl)nc(/C=C/[C@@](C)(CO[Si](C)(C)C(C)(C)C)N(C)C(=O)OC(C)(C)C)c2c(=O)[nH]1. The molecule has 8 nitrogen and oxygen atoms in total. The molecule has 206 valence electrons. The molecule has 37 heavy (non-hydrogen) atoms. The number of halogens is 2. The molecule has 2 heterocycles. The number of amides is 1. The largest absolute Gasteiger partial charge is 0.444 e. The third kappa shape index (κ3) is 7.33. The molecule has 0 aromatic carbocycles. The minimum atomic E-state index is -2.20. The van der Waals surface area contributed by atoms with Crippen LogP contribution in [0.15, 0.2) is 16.0 Å². The molecule has 0 aliphatic heterocycles. The van der Waals surface area contributed by atoms with Crippen LogP contribution < -0.4 is 5.56 Å². The molecule has 1 atom stereocenters. The van der Waals surface area contributed by atoms with Crippen molar-refractivity contribution < 1.29 is 18.3 Å². The van der Waals surface area contributed by atoms with Crippen molar-refractivity contribution in [3.8, 4) is 0 Å². The zero-order valence-electron chi connectivity index (χ0n) is 23.5. The van der Waals surface area contributed by atoms with Crippen LogP contribution in [0.3, 0.4) is 0 Å². The summed E-state index contributed by atoms with van der Waals surface area (Å²) < 4.78 is 26.9. The van der Waals surface area contributed by atoms with Gasteiger partial charge < -0.3 is 19.0 Å². The summed E-state index contributed by atoms with van der Waals surface area (Å²) in [4.78, 5) is 38.2. The normalized spacial score (nSPS) is 14.7. The summed E-state index contributed by atoms with van der Waals surface area (Å²) in [6.07, 6.45) is 4.41. The lowest BCUT2D eigenvalue weighted by molar-refractivity contribution is 0.00747. The zero-order valence-corrected chi connectivity index (χ0v) is 26.1. The molecule has 0 spiro atoms. The van der Waals surface area contributed by atoms with E-state index in [2.05, 4.69) is 48.8 Å². The minimum Gasteiger partial charge on any atom is -0.444 e. The maximum Gasteiger partial charge on any atom is 0.410 e. The summed E-state index contributed by atoms with van der Waals surface area (Å²) in [6.45, 7) is 18.0. The Morgan fingerprint density at radius 1 is 1.19 bits per heavy atom. The van der Waals surface area contributed by atoms with Crippen molar-refractivity contribution in [3.05, 3.63) is 33.1 Å². The van der Waals surface area contributed by atoms with Crippen LogP contribution in [0, 0.1) is 5.82 Å². The van der Waals surface area contributed by atoms with Gasteiger partial charge in [0.1, 0.15) is 11.1 Å². The fourth-order valence-corrected chi connectivity index (χ4v) is 4.62. The van der Waals surface area contributed by atoms with Crippen molar-refractivity contribution >= 4 is 54.8 Å². The van der Waals surface area contributed by atoms with Gasteiger partial charge in [0.2, 0.25) is 0 Å². The van der Waals surface area contributed by atoms with Crippen LogP contribution in [-0.2, 0) is 9.16 Å². The summed E-state index contributed by atoms with van der Waals surface area (Å²) in [7, 11) is -0.576. The Labute approximate surface area is 228 Å². The molecule has 2 rings (SSSR count). The van der Waals surface area contributed by atoms with Crippen molar-refractivity contribution in [2.45, 2.75) is 82.9 Å². The Morgan fingerprint density at radius 2 is 1.78 bits per heavy atom. The van der Waals surface area contributed by atoms with Crippen LogP contribution in [-0.4, -0.2) is 65.3 Å². The predicted molar refractivity (Wildman–Crippen MR) is 151 cm³/mol. The standard InChI is InChI=1S/C25H38ClFN4O4SSi/c1-23(2,3)35-22(33)31(8)25(7,14-34-37(10,11)24(4,5)6)13-12-15-16-18(17(27)19(26)28-15)29-21(36-9)30-20(16)32/h12-13H,14H2,1-11H3,(H,29,30,32)/b13-12+/t25-/m0/s1. The van der Waals surface area contributed by atoms with Crippen LogP contribution in [0.25, 0.3) is 17.0 Å². The van der Waals surface area contributed by atoms with Crippen molar-refractivity contribution in [3.63, 3.8) is 0 Å². The van der Waals surface area contributed by atoms with Gasteiger partial charge in [0, 0.05) is 7.05 Å². The maximum atomic E-state index is 14.8. The van der Waals surface area contributed by atoms with E-state index in [-0.39, 0.29) is 33.4 Å². The Kier molecular flexibility index (Phi) is 9.32. The number of carbonyl (C=O) groups is 1. The van der Waals surface area contributed by atoms with Gasteiger partial charge in [0.05, 0.1) is 23.2 Å². The van der Waals surface area contributed by atoms with E-state index in [1.807, 2.05) is 6.92 Å². The van der Waals surface area contributed by atoms with Crippen molar-refractivity contribution in [2.24, 2.45) is 0 Å². The lowest BCUT2D eigenvalue weighted by Gasteiger charge is -2.42. The van der Waals surface area contributed by atoms with Gasteiger partial charge in [-0.3, -0.25) is 4.79 Å². The molecule has 0 saturated heterocycles. The third-order valence-electron chi connectivity index (χ3n) is 6.52. The van der Waals surface area contributed by atoms with Crippen molar-refractivity contribution in [1.29, 1.82) is 0 Å². The highest BCUT2D eigenvalue weighted by Gasteiger charge is 2.41. The minimum absolute atomic E-state index is 0.0384. The second kappa shape index (κ2) is 11.0. The first kappa shape index (κ1) is 31.3. The number of aromatic amines is 1. The first-order valence-electron chi connectivity index (χ1n) is 11.9. The average Bonchev–Trinajstić information content (AvgIpc) is 2.76. The van der Waals surface area contributed by atoms with Gasteiger partial charge >= 0.3 is 6.09 Å². The van der Waals surface area contributed by atoms with E-state index in [9.17, 15) is 14.0 Å². The fraction of sp³-hybridized carbons (Fsp3) is 0.600. The van der Waals surface area contributed by atoms with E-state index in [1.54, 1.807) is 46.2 Å². The number of thioether (sulfide) groups is 1. The molecule has 0 fully saturated rings. The topological polar surface area (TPSA) is 97.4 Å². The van der Waals surface area contributed by atoms with E-state index >= 15 is 0 Å². The highest BCUT2D eigenvalue weighted by atomic mass is 35.5. The fourth-order valence-electron chi connectivity index (χ4n) is 2.97. The number of carbonyl (C=O) groups excluding carboxylic acids is 1. The molecule has 2 aromatic heterocycles. The summed E-state index contributed by atoms with van der Waals surface area (Å²) in [5, 5.41) is -0.246. The molecule has 0 unspecified atom stereocenters. The van der Waals surface area contributed by atoms with Crippen LogP contribution in [0.4, 0.5) is 9.18 Å². The van der Waals surface area contributed by atoms with Gasteiger partial charge in [-0.25, -0.2) is 19.2 Å². The first-order valence-corrected chi connectivity index (χ1v) is 16.4. The summed E-state index contributed by atoms with van der Waals surface area (Å²) >= 11 is 7.24. The van der Waals surface area contributed by atoms with Gasteiger partial charge in [0.25, 0.3) is 5.56 Å². The van der Waals surface area contributed by atoms with Crippen LogP contribution >= 0.6 is 23.4 Å². The van der Waals surface area contributed by atoms with Crippen molar-refractivity contribution in [2.75, 3.05) is 19.9 Å². The predicted octanol–water partition coefficient (Wildman–Crippen LogP) is 6.49. The molecule has 1 amide bonds. The molecule has 0 aliphatic carbocycles. The number of aromatic nitrogens is 3. The number of H-pyrrole nitrogens is 1. The number of likely N-dealkylation sites (N-methyl/N-ethyl adjacent to an activating group) is 1. The quantitative estimate of drug-likeness (QED) is 0.175. The van der Waals surface area contributed by atoms with Crippen LogP contribution in [0.2, 0.25) is 23.3 Å². The molecule has 2 aromatic rings. The lowest BCUT2D eigenvalue weighted by Crippen LogP contribution is -2.53. The number of hydrogen-bond acceptors (Lipinski definition) is 7. The van der Waals surface area contributed by atoms with E-state index < -0.39 is 42.1 Å². The Morgan fingerprint density at radius 3 is 2.30 bits per heavy atom. The number of ether oxygens (including phenoxy) is 1. The van der Waals surface area contributed by atoms with Gasteiger partial charge in [0.15, 0.2) is 24.4 Å². The van der Waals surface area contributed by atoms with Gasteiger partial charge in [-0.1, -0.05) is 50.2 Å². The lowest BCUT2D eigenvalue weighted by atomic mass is 10.0. The molecular formula is C25H38ClFN4O4SSi. The Hall–Kier alpha value is -1.95. The van der Waals surface area contributed by atoms with Crippen LogP contribution in [0.1, 0.15) is 54.2 Å². The summed E-state index contributed by atoms with van der Waals surface area (Å²) in [5.41, 5.74) is -2.30. The summed E-state index contributed by atoms with van der Waals surface area (Å²) in [5.74, 6) is -0.870. The number of hydrogen-bond donors (Lipinski definition) is 1. The Balaban J connectivity index is 2.64. The zero-order chi connectivity index (χ0) is 28.6. The number of pyridine rings is 1. The first-order chi connectivity index (χ1) is 16.7. The number of nitrogens with one attached hydrogen (secondary N) is 1. The molecule has 1 N–H and O–H groups in total. The third-order valence-corrected chi connectivity index (χ3v) is 11.8. The highest BCUT2D eigenvalue weighted by Crippen LogP contribution is 2.37. The molecule has 0 radical (unpaired) electrons. The smallest absolute Gasteiger partial charge is 0.410 e. The Bertz CT molecular complexity index is 1260. The molecular weight excluding hydrogens is 535 g/mol. The second-order valence-corrected chi connectivity index (χ2v) is 17.6. The molecule has 0 saturated carbocycles. The monoisotopic (exact) mass is 572 g/mol. The number of nitrogens with zero attached hydrogens (tertiary/aromatic N) is 3. The van der Waals surface area contributed by atoms with E-state index in [1.165, 1.54) is 16.7 Å². The molecule has 12 heteroatoms. The van der Waals surface area contributed by atoms with Gasteiger partial charge in [-0.05, 0) is 58.2 Å². The van der Waals surface area contributed by atoms with E-state index in [0.29, 0.717) is 0 Å². The van der Waals surface area contributed by atoms with Crippen LogP contribution in [0.5, 0.6) is 0 Å². The second-order valence-electron chi connectivity index (χ2n) is 11.7. The molecule has 0 aliphatic rings. The number of rotatable bonds is 7. The molecule has 0 bridgehead atoms. The summed E-state index contributed by atoms with van der Waals surface area (Å²) in [6, 6.07) is 0. The van der Waals surface area contributed by atoms with E-state index in [4.69, 9.17) is 20.8 Å². The maximum absolute atomic E-state index is 14.8.